The molecular weight excluding hydrogens is 248 g/mol. The lowest BCUT2D eigenvalue weighted by atomic mass is 10.0. The monoisotopic (exact) mass is 260 g/mol. The highest BCUT2D eigenvalue weighted by Crippen LogP contribution is 2.26. The van der Waals surface area contributed by atoms with Gasteiger partial charge in [0.2, 0.25) is 0 Å². The fourth-order valence-electron chi connectivity index (χ4n) is 1.23. The first kappa shape index (κ1) is 11.1. The summed E-state index contributed by atoms with van der Waals surface area (Å²) in [5, 5.41) is 0. The van der Waals surface area contributed by atoms with Crippen molar-refractivity contribution in [1.29, 1.82) is 0 Å². The van der Waals surface area contributed by atoms with Gasteiger partial charge in [-0.25, -0.2) is 0 Å². The van der Waals surface area contributed by atoms with E-state index in [1.165, 1.54) is 0 Å². The zero-order valence-electron chi connectivity index (χ0n) is 8.00. The van der Waals surface area contributed by atoms with Crippen LogP contribution < -0.4 is 0 Å². The lowest BCUT2D eigenvalue weighted by molar-refractivity contribution is 0.598. The van der Waals surface area contributed by atoms with Crippen LogP contribution in [0.1, 0.15) is 25.3 Å². The highest BCUT2D eigenvalue weighted by Gasteiger charge is 2.14. The molecule has 0 aromatic heterocycles. The van der Waals surface area contributed by atoms with Crippen molar-refractivity contribution in [3.8, 4) is 0 Å². The van der Waals surface area contributed by atoms with Crippen LogP contribution in [-0.4, -0.2) is 10.8 Å². The van der Waals surface area contributed by atoms with Gasteiger partial charge >= 0.3 is 0 Å². The maximum absolute atomic E-state index is 11.4. The molecule has 1 unspecified atom stereocenters. The van der Waals surface area contributed by atoms with Gasteiger partial charge in [0.25, 0.3) is 0 Å². The van der Waals surface area contributed by atoms with Crippen molar-refractivity contribution in [2.24, 2.45) is 0 Å². The first-order valence-corrected chi connectivity index (χ1v) is 6.50. The van der Waals surface area contributed by atoms with Crippen LogP contribution in [0.4, 0.5) is 0 Å². The molecule has 13 heavy (non-hydrogen) atoms. The quantitative estimate of drug-likeness (QED) is 0.749. The maximum atomic E-state index is 11.4. The van der Waals surface area contributed by atoms with Crippen molar-refractivity contribution < 1.29 is 4.55 Å². The van der Waals surface area contributed by atoms with Crippen molar-refractivity contribution in [3.63, 3.8) is 0 Å². The van der Waals surface area contributed by atoms with Gasteiger partial charge in [-0.1, -0.05) is 29.8 Å². The molecule has 3 heteroatoms. The smallest absolute Gasteiger partial charge is 0.155 e. The molecule has 0 bridgehead atoms. The number of rotatable bonds is 2. The lowest BCUT2D eigenvalue weighted by Crippen LogP contribution is -2.03. The van der Waals surface area contributed by atoms with Gasteiger partial charge in [-0.3, -0.25) is 0 Å². The molecule has 0 saturated heterocycles. The van der Waals surface area contributed by atoms with E-state index in [0.29, 0.717) is 5.92 Å². The molecular formula is C10H13BrOS. The summed E-state index contributed by atoms with van der Waals surface area (Å²) in [6.45, 7) is 4.22. The maximum Gasteiger partial charge on any atom is 0.155 e. The summed E-state index contributed by atoms with van der Waals surface area (Å²) < 4.78 is 12.4. The van der Waals surface area contributed by atoms with Gasteiger partial charge in [0.05, 0.1) is 0 Å². The second kappa shape index (κ2) is 4.49. The van der Waals surface area contributed by atoms with Crippen molar-refractivity contribution in [2.75, 3.05) is 6.26 Å². The SMILES string of the molecule is CC(C)c1cc(Br)ccc1[S+](C)[O-]. The molecule has 1 aromatic carbocycles. The normalized spacial score (nSPS) is 13.4. The van der Waals surface area contributed by atoms with Gasteiger partial charge in [0, 0.05) is 10.0 Å². The van der Waals surface area contributed by atoms with Crippen LogP contribution >= 0.6 is 15.9 Å². The topological polar surface area (TPSA) is 23.1 Å². The minimum absolute atomic E-state index is 0.413. The number of hydrogen-bond donors (Lipinski definition) is 0. The van der Waals surface area contributed by atoms with Crippen LogP contribution in [-0.2, 0) is 11.2 Å². The third-order valence-electron chi connectivity index (χ3n) is 1.90. The summed E-state index contributed by atoms with van der Waals surface area (Å²) in [4.78, 5) is 0.943. The Labute approximate surface area is 90.9 Å². The highest BCUT2D eigenvalue weighted by molar-refractivity contribution is 9.10. The summed E-state index contributed by atoms with van der Waals surface area (Å²) in [5.74, 6) is 0.413. The van der Waals surface area contributed by atoms with E-state index in [-0.39, 0.29) is 0 Å². The first-order chi connectivity index (χ1) is 6.02. The van der Waals surface area contributed by atoms with Crippen molar-refractivity contribution >= 4 is 27.1 Å². The second-order valence-corrected chi connectivity index (χ2v) is 5.55. The first-order valence-electron chi connectivity index (χ1n) is 4.15. The number of hydrogen-bond acceptors (Lipinski definition) is 1. The Morgan fingerprint density at radius 3 is 2.46 bits per heavy atom. The number of halogens is 1. The molecule has 0 radical (unpaired) electrons. The standard InChI is InChI=1S/C10H13BrOS/c1-7(2)9-6-8(11)4-5-10(9)13(3)12/h4-7H,1-3H3. The van der Waals surface area contributed by atoms with Gasteiger partial charge in [-0.2, -0.15) is 0 Å². The van der Waals surface area contributed by atoms with Gasteiger partial charge in [-0.15, -0.1) is 0 Å². The Morgan fingerprint density at radius 2 is 2.00 bits per heavy atom. The van der Waals surface area contributed by atoms with E-state index in [1.807, 2.05) is 18.2 Å². The average Bonchev–Trinajstić information content (AvgIpc) is 2.03. The average molecular weight is 261 g/mol. The van der Waals surface area contributed by atoms with E-state index >= 15 is 0 Å². The van der Waals surface area contributed by atoms with Crippen LogP contribution in [0.3, 0.4) is 0 Å². The predicted octanol–water partition coefficient (Wildman–Crippen LogP) is 3.31. The van der Waals surface area contributed by atoms with Gasteiger partial charge in [0.15, 0.2) is 4.90 Å². The van der Waals surface area contributed by atoms with Crippen LogP contribution in [0.25, 0.3) is 0 Å². The zero-order chi connectivity index (χ0) is 10.0. The Morgan fingerprint density at radius 1 is 1.38 bits per heavy atom. The largest absolute Gasteiger partial charge is 0.612 e. The highest BCUT2D eigenvalue weighted by atomic mass is 79.9. The van der Waals surface area contributed by atoms with Crippen molar-refractivity contribution in [2.45, 2.75) is 24.7 Å². The molecule has 0 aliphatic heterocycles. The molecule has 0 aliphatic carbocycles. The molecule has 1 atom stereocenters. The fraction of sp³-hybridized carbons (Fsp3) is 0.400. The summed E-state index contributed by atoms with van der Waals surface area (Å²) in [6.07, 6.45) is 1.72. The summed E-state index contributed by atoms with van der Waals surface area (Å²) >= 11 is 2.52. The molecule has 0 amide bonds. The van der Waals surface area contributed by atoms with Gasteiger partial charge in [-0.05, 0) is 35.3 Å². The third kappa shape index (κ3) is 2.73. The van der Waals surface area contributed by atoms with E-state index < -0.39 is 11.2 Å². The Kier molecular flexibility index (Phi) is 3.83. The number of benzene rings is 1. The Hall–Kier alpha value is 0.01000. The molecule has 72 valence electrons. The van der Waals surface area contributed by atoms with E-state index in [2.05, 4.69) is 29.8 Å². The molecule has 0 heterocycles. The van der Waals surface area contributed by atoms with E-state index in [1.54, 1.807) is 6.26 Å². The second-order valence-electron chi connectivity index (χ2n) is 3.29. The molecule has 1 aromatic rings. The van der Waals surface area contributed by atoms with Gasteiger partial charge in [0.1, 0.15) is 6.26 Å². The molecule has 0 aliphatic rings. The van der Waals surface area contributed by atoms with Crippen molar-refractivity contribution in [3.05, 3.63) is 28.2 Å². The molecule has 0 fully saturated rings. The molecule has 0 N–H and O–H groups in total. The Balaban J connectivity index is 3.19. The fourth-order valence-corrected chi connectivity index (χ4v) is 2.50. The lowest BCUT2D eigenvalue weighted by Gasteiger charge is -2.13. The van der Waals surface area contributed by atoms with Crippen LogP contribution in [0.5, 0.6) is 0 Å². The molecule has 0 spiro atoms. The van der Waals surface area contributed by atoms with Crippen LogP contribution in [0.2, 0.25) is 0 Å². The molecule has 0 saturated carbocycles. The third-order valence-corrected chi connectivity index (χ3v) is 3.39. The van der Waals surface area contributed by atoms with E-state index in [0.717, 1.165) is 14.9 Å². The van der Waals surface area contributed by atoms with Crippen molar-refractivity contribution in [1.82, 2.24) is 0 Å². The summed E-state index contributed by atoms with van der Waals surface area (Å²) in [7, 11) is 0. The zero-order valence-corrected chi connectivity index (χ0v) is 10.4. The minimum atomic E-state index is -0.890. The minimum Gasteiger partial charge on any atom is -0.612 e. The van der Waals surface area contributed by atoms with Crippen LogP contribution in [0.15, 0.2) is 27.6 Å². The summed E-state index contributed by atoms with van der Waals surface area (Å²) in [5.41, 5.74) is 1.16. The predicted molar refractivity (Wildman–Crippen MR) is 60.6 cm³/mol. The van der Waals surface area contributed by atoms with Gasteiger partial charge < -0.3 is 4.55 Å². The Bertz CT molecular complexity index is 297. The summed E-state index contributed by atoms with van der Waals surface area (Å²) in [6, 6.07) is 5.90. The van der Waals surface area contributed by atoms with E-state index in [9.17, 15) is 4.55 Å². The van der Waals surface area contributed by atoms with Crippen LogP contribution in [0, 0.1) is 0 Å². The molecule has 1 nitrogen and oxygen atoms in total. The molecule has 1 rings (SSSR count). The van der Waals surface area contributed by atoms with E-state index in [4.69, 9.17) is 0 Å².